The van der Waals surface area contributed by atoms with Gasteiger partial charge in [-0.15, -0.1) is 0 Å². The van der Waals surface area contributed by atoms with Crippen molar-refractivity contribution in [3.8, 4) is 0 Å². The number of aliphatic hydroxyl groups is 1. The van der Waals surface area contributed by atoms with Gasteiger partial charge in [-0.05, 0) is 54.0 Å². The van der Waals surface area contributed by atoms with Crippen molar-refractivity contribution in [1.82, 2.24) is 9.88 Å². The number of hydrogen-bond donors (Lipinski definition) is 1. The Kier molecular flexibility index (Phi) is 3.54. The lowest BCUT2D eigenvalue weighted by Gasteiger charge is -2.25. The normalized spacial score (nSPS) is 29.1. The maximum absolute atomic E-state index is 10.2. The number of pyridine rings is 1. The Morgan fingerprint density at radius 1 is 1.22 bits per heavy atom. The van der Waals surface area contributed by atoms with E-state index in [-0.39, 0.29) is 12.1 Å². The number of likely N-dealkylation sites (tertiary alicyclic amines) is 1. The van der Waals surface area contributed by atoms with Crippen LogP contribution >= 0.6 is 15.9 Å². The molecule has 1 N–H and O–H groups in total. The van der Waals surface area contributed by atoms with E-state index in [0.717, 1.165) is 29.9 Å². The van der Waals surface area contributed by atoms with Gasteiger partial charge in [-0.3, -0.25) is 4.90 Å². The van der Waals surface area contributed by atoms with E-state index in [1.54, 1.807) is 0 Å². The Hall–Kier alpha value is -0.650. The number of anilines is 1. The highest BCUT2D eigenvalue weighted by molar-refractivity contribution is 9.10. The van der Waals surface area contributed by atoms with Crippen LogP contribution in [-0.2, 0) is 0 Å². The third kappa shape index (κ3) is 2.39. The fourth-order valence-corrected chi connectivity index (χ4v) is 3.18. The van der Waals surface area contributed by atoms with Crippen molar-refractivity contribution in [3.05, 3.63) is 22.8 Å². The molecule has 0 unspecified atom stereocenters. The molecular formula is C13H18BrN3O. The first-order chi connectivity index (χ1) is 8.74. The Bertz CT molecular complexity index is 405. The van der Waals surface area contributed by atoms with Gasteiger partial charge in [-0.1, -0.05) is 0 Å². The quantitative estimate of drug-likeness (QED) is 0.898. The summed E-state index contributed by atoms with van der Waals surface area (Å²) >= 11 is 3.39. The molecular weight excluding hydrogens is 294 g/mol. The van der Waals surface area contributed by atoms with E-state index in [1.165, 1.54) is 12.8 Å². The second kappa shape index (κ2) is 5.15. The van der Waals surface area contributed by atoms with Crippen LogP contribution in [0.5, 0.6) is 0 Å². The molecule has 5 heteroatoms. The van der Waals surface area contributed by atoms with Crippen molar-refractivity contribution < 1.29 is 5.11 Å². The van der Waals surface area contributed by atoms with E-state index in [0.29, 0.717) is 6.54 Å². The first kappa shape index (κ1) is 12.4. The molecule has 4 nitrogen and oxygen atoms in total. The lowest BCUT2D eigenvalue weighted by atomic mass is 10.2. The molecule has 0 aliphatic carbocycles. The van der Waals surface area contributed by atoms with Gasteiger partial charge < -0.3 is 10.0 Å². The molecule has 3 rings (SSSR count). The average molecular weight is 312 g/mol. The van der Waals surface area contributed by atoms with Gasteiger partial charge in [0, 0.05) is 23.8 Å². The summed E-state index contributed by atoms with van der Waals surface area (Å²) in [7, 11) is 0. The fraction of sp³-hybridized carbons (Fsp3) is 0.615. The summed E-state index contributed by atoms with van der Waals surface area (Å²) in [6.07, 6.45) is 4.08. The van der Waals surface area contributed by atoms with E-state index in [4.69, 9.17) is 0 Å². The Morgan fingerprint density at radius 2 is 2.00 bits per heavy atom. The molecule has 1 aromatic rings. The molecule has 0 spiro atoms. The van der Waals surface area contributed by atoms with Crippen LogP contribution in [0.2, 0.25) is 0 Å². The van der Waals surface area contributed by atoms with E-state index in [2.05, 4.69) is 30.7 Å². The minimum atomic E-state index is -0.256. The molecule has 2 fully saturated rings. The molecule has 0 radical (unpaired) electrons. The summed E-state index contributed by atoms with van der Waals surface area (Å²) in [5, 5.41) is 10.2. The zero-order chi connectivity index (χ0) is 12.5. The third-order valence-corrected chi connectivity index (χ3v) is 4.37. The number of hydrogen-bond acceptors (Lipinski definition) is 4. The summed E-state index contributed by atoms with van der Waals surface area (Å²) in [5.41, 5.74) is 0. The second-order valence-corrected chi connectivity index (χ2v) is 6.03. The summed E-state index contributed by atoms with van der Waals surface area (Å²) in [6, 6.07) is 4.28. The van der Waals surface area contributed by atoms with Gasteiger partial charge in [0.1, 0.15) is 5.82 Å². The van der Waals surface area contributed by atoms with Crippen LogP contribution in [0.3, 0.4) is 0 Å². The molecule has 3 heterocycles. The maximum atomic E-state index is 10.2. The minimum absolute atomic E-state index is 0.256. The lowest BCUT2D eigenvalue weighted by Crippen LogP contribution is -2.41. The molecule has 1 aromatic heterocycles. The smallest absolute Gasteiger partial charge is 0.128 e. The summed E-state index contributed by atoms with van der Waals surface area (Å²) < 4.78 is 0.988. The zero-order valence-electron chi connectivity index (χ0n) is 10.3. The molecule has 2 aliphatic rings. The molecule has 0 bridgehead atoms. The highest BCUT2D eigenvalue weighted by atomic mass is 79.9. The summed E-state index contributed by atoms with van der Waals surface area (Å²) in [6.45, 7) is 3.83. The summed E-state index contributed by atoms with van der Waals surface area (Å²) in [5.74, 6) is 0.957. The predicted octanol–water partition coefficient (Wildman–Crippen LogP) is 1.49. The topological polar surface area (TPSA) is 39.6 Å². The Balaban J connectivity index is 1.71. The third-order valence-electron chi connectivity index (χ3n) is 3.90. The van der Waals surface area contributed by atoms with Gasteiger partial charge in [0.2, 0.25) is 0 Å². The van der Waals surface area contributed by atoms with Crippen LogP contribution in [-0.4, -0.2) is 53.3 Å². The number of rotatable bonds is 2. The van der Waals surface area contributed by atoms with Gasteiger partial charge >= 0.3 is 0 Å². The van der Waals surface area contributed by atoms with Gasteiger partial charge in [0.15, 0.2) is 0 Å². The van der Waals surface area contributed by atoms with Crippen LogP contribution in [0.25, 0.3) is 0 Å². The van der Waals surface area contributed by atoms with Gasteiger partial charge in [0.05, 0.1) is 12.1 Å². The largest absolute Gasteiger partial charge is 0.390 e. The molecule has 0 aromatic carbocycles. The van der Waals surface area contributed by atoms with E-state index < -0.39 is 0 Å². The zero-order valence-corrected chi connectivity index (χ0v) is 11.9. The molecule has 0 amide bonds. The first-order valence-corrected chi connectivity index (χ1v) is 7.32. The fourth-order valence-electron chi connectivity index (χ4n) is 2.94. The molecule has 2 atom stereocenters. The average Bonchev–Trinajstić information content (AvgIpc) is 2.99. The van der Waals surface area contributed by atoms with Gasteiger partial charge in [0.25, 0.3) is 0 Å². The summed E-state index contributed by atoms with van der Waals surface area (Å²) in [4.78, 5) is 9.01. The predicted molar refractivity (Wildman–Crippen MR) is 74.8 cm³/mol. The SMILES string of the molecule is O[C@@H]1CN(c2ccc(Br)cn2)C[C@H]1N1CCCC1. The molecule has 18 heavy (non-hydrogen) atoms. The molecule has 0 saturated carbocycles. The van der Waals surface area contributed by atoms with Crippen molar-refractivity contribution in [2.24, 2.45) is 0 Å². The number of nitrogens with zero attached hydrogens (tertiary/aromatic N) is 3. The first-order valence-electron chi connectivity index (χ1n) is 6.52. The van der Waals surface area contributed by atoms with Crippen molar-refractivity contribution in [1.29, 1.82) is 0 Å². The van der Waals surface area contributed by atoms with Crippen LogP contribution in [0.1, 0.15) is 12.8 Å². The molecule has 2 saturated heterocycles. The van der Waals surface area contributed by atoms with Crippen molar-refractivity contribution in [2.45, 2.75) is 25.0 Å². The number of halogens is 1. The van der Waals surface area contributed by atoms with Crippen LogP contribution < -0.4 is 4.90 Å². The van der Waals surface area contributed by atoms with Gasteiger partial charge in [-0.25, -0.2) is 4.98 Å². The van der Waals surface area contributed by atoms with E-state index in [9.17, 15) is 5.11 Å². The van der Waals surface area contributed by atoms with E-state index >= 15 is 0 Å². The van der Waals surface area contributed by atoms with Crippen molar-refractivity contribution in [3.63, 3.8) is 0 Å². The van der Waals surface area contributed by atoms with Crippen LogP contribution in [0.15, 0.2) is 22.8 Å². The Morgan fingerprint density at radius 3 is 2.67 bits per heavy atom. The number of aliphatic hydroxyl groups excluding tert-OH is 1. The second-order valence-electron chi connectivity index (χ2n) is 5.12. The molecule has 98 valence electrons. The lowest BCUT2D eigenvalue weighted by molar-refractivity contribution is 0.0986. The van der Waals surface area contributed by atoms with Crippen LogP contribution in [0.4, 0.5) is 5.82 Å². The Labute approximate surface area is 116 Å². The molecule has 2 aliphatic heterocycles. The minimum Gasteiger partial charge on any atom is -0.390 e. The van der Waals surface area contributed by atoms with E-state index in [1.807, 2.05) is 18.3 Å². The number of aromatic nitrogens is 1. The highest BCUT2D eigenvalue weighted by Gasteiger charge is 2.36. The standard InChI is InChI=1S/C13H18BrN3O/c14-10-3-4-13(15-7-10)17-8-11(12(18)9-17)16-5-1-2-6-16/h3-4,7,11-12,18H,1-2,5-6,8-9H2/t11-,12-/m1/s1. The monoisotopic (exact) mass is 311 g/mol. The van der Waals surface area contributed by atoms with Gasteiger partial charge in [-0.2, -0.15) is 0 Å². The highest BCUT2D eigenvalue weighted by Crippen LogP contribution is 2.25. The maximum Gasteiger partial charge on any atom is 0.128 e. The van der Waals surface area contributed by atoms with Crippen molar-refractivity contribution >= 4 is 21.7 Å². The van der Waals surface area contributed by atoms with Crippen molar-refractivity contribution in [2.75, 3.05) is 31.1 Å². The number of β-amino-alcohol motifs (C(OH)–C–C–N with tert-alkyl or cyclic N) is 1. The van der Waals surface area contributed by atoms with Crippen LogP contribution in [0, 0.1) is 0 Å².